The first-order valence-electron chi connectivity index (χ1n) is 6.02. The first-order chi connectivity index (χ1) is 9.96. The fourth-order valence-electron chi connectivity index (χ4n) is 1.72. The van der Waals surface area contributed by atoms with Crippen molar-refractivity contribution in [3.05, 3.63) is 53.8 Å². The zero-order chi connectivity index (χ0) is 15.5. The Balaban J connectivity index is 2.37. The van der Waals surface area contributed by atoms with Crippen molar-refractivity contribution in [2.45, 2.75) is 11.5 Å². The molecular formula is C14H14FNO4S. The number of hydrogen-bond acceptors (Lipinski definition) is 4. The average molecular weight is 311 g/mol. The van der Waals surface area contributed by atoms with Crippen molar-refractivity contribution in [1.29, 1.82) is 0 Å². The van der Waals surface area contributed by atoms with Gasteiger partial charge in [0.2, 0.25) is 0 Å². The number of sulfonamides is 1. The van der Waals surface area contributed by atoms with E-state index in [1.807, 2.05) is 0 Å². The van der Waals surface area contributed by atoms with Crippen molar-refractivity contribution in [2.24, 2.45) is 0 Å². The van der Waals surface area contributed by atoms with Gasteiger partial charge in [-0.05, 0) is 29.8 Å². The molecule has 0 fully saturated rings. The van der Waals surface area contributed by atoms with E-state index in [1.165, 1.54) is 37.4 Å². The molecule has 0 aliphatic heterocycles. The van der Waals surface area contributed by atoms with Crippen molar-refractivity contribution in [3.8, 4) is 5.75 Å². The van der Waals surface area contributed by atoms with Crippen LogP contribution in [0.1, 0.15) is 5.56 Å². The van der Waals surface area contributed by atoms with Gasteiger partial charge in [0, 0.05) is 6.07 Å². The van der Waals surface area contributed by atoms with Crippen molar-refractivity contribution in [1.82, 2.24) is 0 Å². The number of nitrogens with one attached hydrogen (secondary N) is 1. The fraction of sp³-hybridized carbons (Fsp3) is 0.143. The zero-order valence-electron chi connectivity index (χ0n) is 11.2. The van der Waals surface area contributed by atoms with Gasteiger partial charge in [-0.1, -0.05) is 12.1 Å². The Morgan fingerprint density at radius 2 is 2.00 bits per heavy atom. The molecule has 0 aliphatic rings. The lowest BCUT2D eigenvalue weighted by Crippen LogP contribution is -2.14. The van der Waals surface area contributed by atoms with Gasteiger partial charge in [-0.25, -0.2) is 12.8 Å². The van der Waals surface area contributed by atoms with Gasteiger partial charge in [-0.15, -0.1) is 0 Å². The first-order valence-corrected chi connectivity index (χ1v) is 7.51. The van der Waals surface area contributed by atoms with E-state index in [1.54, 1.807) is 6.07 Å². The molecule has 7 heteroatoms. The molecule has 2 N–H and O–H groups in total. The van der Waals surface area contributed by atoms with Crippen LogP contribution in [0.3, 0.4) is 0 Å². The lowest BCUT2D eigenvalue weighted by Gasteiger charge is -2.11. The van der Waals surface area contributed by atoms with Crippen LogP contribution >= 0.6 is 0 Å². The lowest BCUT2D eigenvalue weighted by molar-refractivity contribution is 0.281. The van der Waals surface area contributed by atoms with Crippen LogP contribution in [-0.4, -0.2) is 20.6 Å². The summed E-state index contributed by atoms with van der Waals surface area (Å²) < 4.78 is 45.2. The number of methoxy groups -OCH3 is 1. The maximum absolute atomic E-state index is 13.7. The highest BCUT2D eigenvalue weighted by molar-refractivity contribution is 7.92. The van der Waals surface area contributed by atoms with Crippen molar-refractivity contribution >= 4 is 15.7 Å². The Bertz CT molecular complexity index is 746. The highest BCUT2D eigenvalue weighted by Gasteiger charge is 2.17. The van der Waals surface area contributed by atoms with Gasteiger partial charge in [0.1, 0.15) is 11.6 Å². The average Bonchev–Trinajstić information content (AvgIpc) is 2.49. The molecule has 21 heavy (non-hydrogen) atoms. The van der Waals surface area contributed by atoms with Gasteiger partial charge in [-0.2, -0.15) is 0 Å². The third kappa shape index (κ3) is 3.50. The monoisotopic (exact) mass is 311 g/mol. The summed E-state index contributed by atoms with van der Waals surface area (Å²) in [5.41, 5.74) is 0.243. The van der Waals surface area contributed by atoms with Crippen LogP contribution in [0.4, 0.5) is 10.1 Å². The van der Waals surface area contributed by atoms with Gasteiger partial charge in [-0.3, -0.25) is 4.72 Å². The van der Waals surface area contributed by atoms with Gasteiger partial charge in [0.25, 0.3) is 10.0 Å². The molecule has 0 saturated heterocycles. The van der Waals surface area contributed by atoms with Crippen LogP contribution in [0.15, 0.2) is 47.4 Å². The molecule has 2 aromatic carbocycles. The number of hydrogen-bond donors (Lipinski definition) is 2. The number of aliphatic hydroxyl groups excluding tert-OH is 1. The summed E-state index contributed by atoms with van der Waals surface area (Å²) in [5.74, 6) is -0.379. The number of aliphatic hydroxyl groups is 1. The van der Waals surface area contributed by atoms with Gasteiger partial charge >= 0.3 is 0 Å². The molecule has 5 nitrogen and oxygen atoms in total. The molecule has 0 radical (unpaired) electrons. The van der Waals surface area contributed by atoms with Crippen LogP contribution < -0.4 is 9.46 Å². The van der Waals surface area contributed by atoms with Crippen LogP contribution in [-0.2, 0) is 16.6 Å². The second-order valence-corrected chi connectivity index (χ2v) is 5.94. The molecule has 0 amide bonds. The molecular weight excluding hydrogens is 297 g/mol. The largest absolute Gasteiger partial charge is 0.497 e. The minimum atomic E-state index is -3.95. The van der Waals surface area contributed by atoms with E-state index in [0.717, 1.165) is 6.07 Å². The van der Waals surface area contributed by atoms with E-state index in [2.05, 4.69) is 4.72 Å². The Hall–Kier alpha value is -2.12. The molecule has 0 saturated carbocycles. The molecule has 0 heterocycles. The van der Waals surface area contributed by atoms with E-state index in [4.69, 9.17) is 9.84 Å². The molecule has 0 spiro atoms. The van der Waals surface area contributed by atoms with Gasteiger partial charge in [0.15, 0.2) is 0 Å². The van der Waals surface area contributed by atoms with E-state index in [0.29, 0.717) is 11.3 Å². The maximum atomic E-state index is 13.7. The van der Waals surface area contributed by atoms with E-state index in [9.17, 15) is 12.8 Å². The molecule has 0 aliphatic carbocycles. The summed E-state index contributed by atoms with van der Waals surface area (Å²) in [5, 5.41) is 9.04. The third-order valence-corrected chi connectivity index (χ3v) is 4.17. The Morgan fingerprint density at radius 1 is 1.24 bits per heavy atom. The van der Waals surface area contributed by atoms with Crippen LogP contribution in [0.5, 0.6) is 5.75 Å². The normalized spacial score (nSPS) is 11.2. The zero-order valence-corrected chi connectivity index (χ0v) is 12.0. The topological polar surface area (TPSA) is 75.6 Å². The van der Waals surface area contributed by atoms with Gasteiger partial charge in [0.05, 0.1) is 24.3 Å². The fourth-order valence-corrected chi connectivity index (χ4v) is 2.85. The quantitative estimate of drug-likeness (QED) is 0.887. The van der Waals surface area contributed by atoms with E-state index < -0.39 is 15.8 Å². The van der Waals surface area contributed by atoms with Crippen LogP contribution in [0.25, 0.3) is 0 Å². The van der Waals surface area contributed by atoms with Crippen LogP contribution in [0, 0.1) is 5.82 Å². The molecule has 0 atom stereocenters. The van der Waals surface area contributed by atoms with E-state index >= 15 is 0 Å². The Labute approximate surface area is 122 Å². The summed E-state index contributed by atoms with van der Waals surface area (Å²) in [6.45, 7) is -0.281. The Morgan fingerprint density at radius 3 is 2.67 bits per heavy atom. The predicted molar refractivity (Wildman–Crippen MR) is 76.1 cm³/mol. The van der Waals surface area contributed by atoms with Crippen molar-refractivity contribution in [2.75, 3.05) is 11.8 Å². The second kappa shape index (κ2) is 6.11. The van der Waals surface area contributed by atoms with E-state index in [-0.39, 0.29) is 17.2 Å². The third-order valence-electron chi connectivity index (χ3n) is 2.81. The second-order valence-electron chi connectivity index (χ2n) is 4.26. The Kier molecular flexibility index (Phi) is 4.44. The number of anilines is 1. The minimum Gasteiger partial charge on any atom is -0.497 e. The van der Waals surface area contributed by atoms with Gasteiger partial charge < -0.3 is 9.84 Å². The summed E-state index contributed by atoms with van der Waals surface area (Å²) >= 11 is 0. The number of benzene rings is 2. The SMILES string of the molecule is COc1ccc(F)c(NS(=O)(=O)c2cccc(CO)c2)c1. The molecule has 0 bridgehead atoms. The first kappa shape index (κ1) is 15.3. The number of rotatable bonds is 5. The summed E-state index contributed by atoms with van der Waals surface area (Å²) in [6, 6.07) is 9.52. The van der Waals surface area contributed by atoms with Crippen molar-refractivity contribution < 1.29 is 22.7 Å². The highest BCUT2D eigenvalue weighted by Crippen LogP contribution is 2.24. The highest BCUT2D eigenvalue weighted by atomic mass is 32.2. The maximum Gasteiger partial charge on any atom is 0.261 e. The van der Waals surface area contributed by atoms with Crippen molar-refractivity contribution in [3.63, 3.8) is 0 Å². The lowest BCUT2D eigenvalue weighted by atomic mass is 10.2. The minimum absolute atomic E-state index is 0.0590. The smallest absolute Gasteiger partial charge is 0.261 e. The molecule has 0 unspecified atom stereocenters. The summed E-state index contributed by atoms with van der Waals surface area (Å²) in [6.07, 6.45) is 0. The molecule has 0 aromatic heterocycles. The summed E-state index contributed by atoms with van der Waals surface area (Å²) in [7, 11) is -2.55. The molecule has 112 valence electrons. The van der Waals surface area contributed by atoms with Crippen LogP contribution in [0.2, 0.25) is 0 Å². The molecule has 2 rings (SSSR count). The number of ether oxygens (including phenoxy) is 1. The standard InChI is InChI=1S/C14H14FNO4S/c1-20-11-5-6-13(15)14(8-11)16-21(18,19)12-4-2-3-10(7-12)9-17/h2-8,16-17H,9H2,1H3. The summed E-state index contributed by atoms with van der Waals surface area (Å²) in [4.78, 5) is -0.0590. The predicted octanol–water partition coefficient (Wildman–Crippen LogP) is 2.13. The molecule has 2 aromatic rings. The number of halogens is 1.